The van der Waals surface area contributed by atoms with Gasteiger partial charge in [0.1, 0.15) is 0 Å². The van der Waals surface area contributed by atoms with Crippen LogP contribution in [0.15, 0.2) is 41.8 Å². The van der Waals surface area contributed by atoms with Crippen LogP contribution in [0.1, 0.15) is 29.4 Å². The third kappa shape index (κ3) is 3.73. The molecular weight excluding hydrogens is 342 g/mol. The fraction of sp³-hybridized carbons (Fsp3) is 0.476. The predicted molar refractivity (Wildman–Crippen MR) is 109 cm³/mol. The van der Waals surface area contributed by atoms with Crippen LogP contribution in [0.2, 0.25) is 0 Å². The molecule has 0 unspecified atom stereocenters. The quantitative estimate of drug-likeness (QED) is 0.820. The SMILES string of the molecule is CC1CCN(c2ccc(N3CCN(C(=O)c4cccs4)CC3)cc2)CC1. The first-order valence-electron chi connectivity index (χ1n) is 9.63. The van der Waals surface area contributed by atoms with Crippen LogP contribution in [0.3, 0.4) is 0 Å². The Balaban J connectivity index is 1.34. The largest absolute Gasteiger partial charge is 0.372 e. The summed E-state index contributed by atoms with van der Waals surface area (Å²) in [4.78, 5) is 20.2. The smallest absolute Gasteiger partial charge is 0.264 e. The third-order valence-electron chi connectivity index (χ3n) is 5.66. The highest BCUT2D eigenvalue weighted by atomic mass is 32.1. The van der Waals surface area contributed by atoms with E-state index in [2.05, 4.69) is 41.0 Å². The summed E-state index contributed by atoms with van der Waals surface area (Å²) >= 11 is 1.53. The highest BCUT2D eigenvalue weighted by Crippen LogP contribution is 2.26. The zero-order valence-corrected chi connectivity index (χ0v) is 16.3. The summed E-state index contributed by atoms with van der Waals surface area (Å²) in [5.41, 5.74) is 2.61. The molecule has 5 heteroatoms. The fourth-order valence-electron chi connectivity index (χ4n) is 3.86. The number of anilines is 2. The Morgan fingerprint density at radius 2 is 1.46 bits per heavy atom. The summed E-state index contributed by atoms with van der Waals surface area (Å²) in [6.07, 6.45) is 2.59. The van der Waals surface area contributed by atoms with Crippen LogP contribution in [0.25, 0.3) is 0 Å². The molecule has 2 fully saturated rings. The molecule has 3 heterocycles. The van der Waals surface area contributed by atoms with Crippen molar-refractivity contribution >= 4 is 28.6 Å². The molecular formula is C21H27N3OS. The molecule has 0 bridgehead atoms. The van der Waals surface area contributed by atoms with Crippen molar-refractivity contribution in [2.24, 2.45) is 5.92 Å². The second kappa shape index (κ2) is 7.70. The van der Waals surface area contributed by atoms with E-state index < -0.39 is 0 Å². The molecule has 2 saturated heterocycles. The van der Waals surface area contributed by atoms with Gasteiger partial charge in [0.25, 0.3) is 5.91 Å². The van der Waals surface area contributed by atoms with Gasteiger partial charge in [0.05, 0.1) is 4.88 Å². The van der Waals surface area contributed by atoms with Gasteiger partial charge >= 0.3 is 0 Å². The van der Waals surface area contributed by atoms with Crippen LogP contribution in [-0.2, 0) is 0 Å². The Morgan fingerprint density at radius 1 is 0.885 bits per heavy atom. The lowest BCUT2D eigenvalue weighted by molar-refractivity contribution is 0.0751. The van der Waals surface area contributed by atoms with E-state index in [1.165, 1.54) is 48.6 Å². The van der Waals surface area contributed by atoms with Crippen molar-refractivity contribution in [1.29, 1.82) is 0 Å². The molecule has 0 saturated carbocycles. The van der Waals surface area contributed by atoms with Crippen LogP contribution in [0.4, 0.5) is 11.4 Å². The number of hydrogen-bond donors (Lipinski definition) is 0. The number of amides is 1. The van der Waals surface area contributed by atoms with Crippen LogP contribution in [0, 0.1) is 5.92 Å². The van der Waals surface area contributed by atoms with Gasteiger partial charge < -0.3 is 14.7 Å². The molecule has 0 aliphatic carbocycles. The van der Waals surface area contributed by atoms with Crippen LogP contribution < -0.4 is 9.80 Å². The molecule has 2 aliphatic rings. The van der Waals surface area contributed by atoms with E-state index in [-0.39, 0.29) is 5.91 Å². The Morgan fingerprint density at radius 3 is 2.00 bits per heavy atom. The average molecular weight is 370 g/mol. The number of thiophene rings is 1. The maximum Gasteiger partial charge on any atom is 0.264 e. The first-order valence-corrected chi connectivity index (χ1v) is 10.5. The van der Waals surface area contributed by atoms with Crippen molar-refractivity contribution in [3.63, 3.8) is 0 Å². The van der Waals surface area contributed by atoms with Crippen LogP contribution in [0.5, 0.6) is 0 Å². The Labute approximate surface area is 160 Å². The van der Waals surface area contributed by atoms with Gasteiger partial charge in [-0.2, -0.15) is 0 Å². The number of rotatable bonds is 3. The van der Waals surface area contributed by atoms with E-state index in [4.69, 9.17) is 0 Å². The maximum atomic E-state index is 12.5. The zero-order chi connectivity index (χ0) is 17.9. The van der Waals surface area contributed by atoms with Gasteiger partial charge in [-0.15, -0.1) is 11.3 Å². The molecule has 0 N–H and O–H groups in total. The number of piperazine rings is 1. The minimum absolute atomic E-state index is 0.175. The molecule has 4 rings (SSSR count). The number of carbonyl (C=O) groups is 1. The lowest BCUT2D eigenvalue weighted by atomic mass is 9.99. The van der Waals surface area contributed by atoms with Gasteiger partial charge in [0.15, 0.2) is 0 Å². The molecule has 0 radical (unpaired) electrons. The maximum absolute atomic E-state index is 12.5. The lowest BCUT2D eigenvalue weighted by Crippen LogP contribution is -2.48. The molecule has 1 aromatic heterocycles. The minimum Gasteiger partial charge on any atom is -0.372 e. The second-order valence-corrected chi connectivity index (χ2v) is 8.39. The lowest BCUT2D eigenvalue weighted by Gasteiger charge is -2.36. The Hall–Kier alpha value is -2.01. The van der Waals surface area contributed by atoms with E-state index in [1.54, 1.807) is 0 Å². The third-order valence-corrected chi connectivity index (χ3v) is 6.52. The van der Waals surface area contributed by atoms with Crippen LogP contribution >= 0.6 is 11.3 Å². The number of piperidine rings is 1. The van der Waals surface area contributed by atoms with Gasteiger partial charge in [0, 0.05) is 50.6 Å². The first kappa shape index (κ1) is 17.4. The van der Waals surface area contributed by atoms with Crippen molar-refractivity contribution in [3.05, 3.63) is 46.7 Å². The van der Waals surface area contributed by atoms with Gasteiger partial charge in [-0.3, -0.25) is 4.79 Å². The summed E-state index contributed by atoms with van der Waals surface area (Å²) in [7, 11) is 0. The van der Waals surface area contributed by atoms with Crippen molar-refractivity contribution in [1.82, 2.24) is 4.90 Å². The topological polar surface area (TPSA) is 26.8 Å². The summed E-state index contributed by atoms with van der Waals surface area (Å²) in [6.45, 7) is 8.08. The second-order valence-electron chi connectivity index (χ2n) is 7.44. The summed E-state index contributed by atoms with van der Waals surface area (Å²) in [5.74, 6) is 1.04. The van der Waals surface area contributed by atoms with Crippen molar-refractivity contribution in [2.45, 2.75) is 19.8 Å². The molecule has 4 nitrogen and oxygen atoms in total. The summed E-state index contributed by atoms with van der Waals surface area (Å²) in [5, 5.41) is 1.97. The molecule has 1 amide bonds. The molecule has 1 aromatic carbocycles. The molecule has 26 heavy (non-hydrogen) atoms. The molecule has 0 spiro atoms. The van der Waals surface area contributed by atoms with E-state index in [0.717, 1.165) is 37.0 Å². The first-order chi connectivity index (χ1) is 12.7. The highest BCUT2D eigenvalue weighted by Gasteiger charge is 2.23. The molecule has 0 atom stereocenters. The Bertz CT molecular complexity index is 712. The number of nitrogens with zero attached hydrogens (tertiary/aromatic N) is 3. The Kier molecular flexibility index (Phi) is 5.16. The van der Waals surface area contributed by atoms with Gasteiger partial charge in [-0.1, -0.05) is 13.0 Å². The number of hydrogen-bond acceptors (Lipinski definition) is 4. The molecule has 138 valence electrons. The number of benzene rings is 1. The standard InChI is InChI=1S/C21H27N3OS/c1-17-8-10-22(11-9-17)18-4-6-19(7-5-18)23-12-14-24(15-13-23)21(25)20-3-2-16-26-20/h2-7,16-17H,8-15H2,1H3. The minimum atomic E-state index is 0.175. The summed E-state index contributed by atoms with van der Waals surface area (Å²) in [6, 6.07) is 12.9. The van der Waals surface area contributed by atoms with E-state index in [1.807, 2.05) is 22.4 Å². The van der Waals surface area contributed by atoms with E-state index in [0.29, 0.717) is 0 Å². The van der Waals surface area contributed by atoms with Crippen LogP contribution in [-0.4, -0.2) is 50.1 Å². The monoisotopic (exact) mass is 369 g/mol. The average Bonchev–Trinajstić information content (AvgIpc) is 3.23. The van der Waals surface area contributed by atoms with Crippen molar-refractivity contribution in [3.8, 4) is 0 Å². The fourth-order valence-corrected chi connectivity index (χ4v) is 4.56. The normalized spacial score (nSPS) is 19.0. The molecule has 2 aromatic rings. The van der Waals surface area contributed by atoms with Gasteiger partial charge in [-0.25, -0.2) is 0 Å². The zero-order valence-electron chi connectivity index (χ0n) is 15.4. The highest BCUT2D eigenvalue weighted by molar-refractivity contribution is 7.12. The summed E-state index contributed by atoms with van der Waals surface area (Å²) < 4.78 is 0. The van der Waals surface area contributed by atoms with E-state index >= 15 is 0 Å². The van der Waals surface area contributed by atoms with Crippen molar-refractivity contribution < 1.29 is 4.79 Å². The molecule has 2 aliphatic heterocycles. The predicted octanol–water partition coefficient (Wildman–Crippen LogP) is 3.95. The van der Waals surface area contributed by atoms with E-state index in [9.17, 15) is 4.79 Å². The van der Waals surface area contributed by atoms with Gasteiger partial charge in [0.2, 0.25) is 0 Å². The number of carbonyl (C=O) groups excluding carboxylic acids is 1. The van der Waals surface area contributed by atoms with Gasteiger partial charge in [-0.05, 0) is 54.5 Å². The van der Waals surface area contributed by atoms with Crippen molar-refractivity contribution in [2.75, 3.05) is 49.1 Å².